The minimum Gasteiger partial charge on any atom is -0.387 e. The molecule has 17 heavy (non-hydrogen) atoms. The average Bonchev–Trinajstić information content (AvgIpc) is 2.26. The quantitative estimate of drug-likeness (QED) is 0.839. The van der Waals surface area contributed by atoms with Crippen molar-refractivity contribution in [1.82, 2.24) is 10.3 Å². The molecule has 0 unspecified atom stereocenters. The molecule has 0 atom stereocenters. The molecule has 1 aromatic heterocycles. The molecule has 0 spiro atoms. The van der Waals surface area contributed by atoms with E-state index in [4.69, 9.17) is 0 Å². The maximum Gasteiger partial charge on any atom is 0.255 e. The van der Waals surface area contributed by atoms with Crippen molar-refractivity contribution in [1.29, 1.82) is 0 Å². The topological polar surface area (TPSA) is 54.0 Å². The molecule has 1 heterocycles. The van der Waals surface area contributed by atoms with Crippen molar-refractivity contribution in [3.8, 4) is 0 Å². The Hall–Kier alpha value is -1.58. The van der Waals surface area contributed by atoms with E-state index in [0.29, 0.717) is 11.6 Å². The molecule has 4 nitrogen and oxygen atoms in total. The van der Waals surface area contributed by atoms with Gasteiger partial charge in [-0.1, -0.05) is 6.92 Å². The van der Waals surface area contributed by atoms with Crippen molar-refractivity contribution in [2.24, 2.45) is 5.92 Å². The van der Waals surface area contributed by atoms with Crippen LogP contribution in [0.1, 0.15) is 35.8 Å². The SMILES string of the molecule is CNc1cc(C)ncc1C(=O)NC1CC(C)C1. The molecular formula is C13H19N3O. The molecule has 1 saturated carbocycles. The molecule has 0 saturated heterocycles. The summed E-state index contributed by atoms with van der Waals surface area (Å²) in [5, 5.41) is 6.07. The van der Waals surface area contributed by atoms with Crippen LogP contribution < -0.4 is 10.6 Å². The van der Waals surface area contributed by atoms with Gasteiger partial charge in [0, 0.05) is 25.0 Å². The Morgan fingerprint density at radius 2 is 2.18 bits per heavy atom. The number of anilines is 1. The third-order valence-corrected chi connectivity index (χ3v) is 3.26. The lowest BCUT2D eigenvalue weighted by atomic mass is 9.82. The van der Waals surface area contributed by atoms with Crippen LogP contribution in [0.25, 0.3) is 0 Å². The van der Waals surface area contributed by atoms with Crippen molar-refractivity contribution in [3.05, 3.63) is 23.5 Å². The first kappa shape index (κ1) is 11.9. The first-order valence-corrected chi connectivity index (χ1v) is 6.05. The van der Waals surface area contributed by atoms with Gasteiger partial charge >= 0.3 is 0 Å². The van der Waals surface area contributed by atoms with E-state index in [0.717, 1.165) is 30.1 Å². The van der Waals surface area contributed by atoms with Crippen molar-refractivity contribution >= 4 is 11.6 Å². The van der Waals surface area contributed by atoms with Gasteiger partial charge in [-0.15, -0.1) is 0 Å². The van der Waals surface area contributed by atoms with Crippen molar-refractivity contribution in [3.63, 3.8) is 0 Å². The maximum absolute atomic E-state index is 12.1. The van der Waals surface area contributed by atoms with Gasteiger partial charge in [0.25, 0.3) is 5.91 Å². The van der Waals surface area contributed by atoms with E-state index in [2.05, 4.69) is 22.5 Å². The summed E-state index contributed by atoms with van der Waals surface area (Å²) in [5.74, 6) is 0.707. The molecule has 1 amide bonds. The highest BCUT2D eigenvalue weighted by atomic mass is 16.1. The Morgan fingerprint density at radius 1 is 1.47 bits per heavy atom. The summed E-state index contributed by atoms with van der Waals surface area (Å²) in [6, 6.07) is 2.22. The van der Waals surface area contributed by atoms with E-state index in [1.807, 2.05) is 20.0 Å². The standard InChI is InChI=1S/C13H19N3O/c1-8-4-10(5-8)16-13(17)11-7-15-9(2)6-12(11)14-3/h6-8,10H,4-5H2,1-3H3,(H,14,15)(H,16,17). The van der Waals surface area contributed by atoms with Crippen LogP contribution in [0.4, 0.5) is 5.69 Å². The number of carbonyl (C=O) groups excluding carboxylic acids is 1. The zero-order valence-corrected chi connectivity index (χ0v) is 10.6. The number of nitrogens with zero attached hydrogens (tertiary/aromatic N) is 1. The smallest absolute Gasteiger partial charge is 0.255 e. The summed E-state index contributed by atoms with van der Waals surface area (Å²) in [7, 11) is 1.82. The summed E-state index contributed by atoms with van der Waals surface area (Å²) < 4.78 is 0. The van der Waals surface area contributed by atoms with Crippen LogP contribution in [0, 0.1) is 12.8 Å². The Morgan fingerprint density at radius 3 is 2.76 bits per heavy atom. The van der Waals surface area contributed by atoms with Crippen LogP contribution in [-0.2, 0) is 0 Å². The van der Waals surface area contributed by atoms with Gasteiger partial charge in [0.1, 0.15) is 0 Å². The van der Waals surface area contributed by atoms with E-state index >= 15 is 0 Å². The maximum atomic E-state index is 12.1. The van der Waals surface area contributed by atoms with E-state index in [1.165, 1.54) is 0 Å². The Bertz CT molecular complexity index is 425. The van der Waals surface area contributed by atoms with Crippen LogP contribution >= 0.6 is 0 Å². The Kier molecular flexibility index (Phi) is 3.31. The van der Waals surface area contributed by atoms with Crippen molar-refractivity contribution < 1.29 is 4.79 Å². The summed E-state index contributed by atoms with van der Waals surface area (Å²) in [6.07, 6.45) is 3.80. The lowest BCUT2D eigenvalue weighted by molar-refractivity contribution is 0.0896. The predicted molar refractivity (Wildman–Crippen MR) is 68.2 cm³/mol. The van der Waals surface area contributed by atoms with Crippen LogP contribution in [0.5, 0.6) is 0 Å². The number of aromatic nitrogens is 1. The first-order valence-electron chi connectivity index (χ1n) is 6.05. The third-order valence-electron chi connectivity index (χ3n) is 3.26. The molecule has 1 aliphatic carbocycles. The number of hydrogen-bond donors (Lipinski definition) is 2. The zero-order valence-electron chi connectivity index (χ0n) is 10.6. The lowest BCUT2D eigenvalue weighted by Gasteiger charge is -2.33. The van der Waals surface area contributed by atoms with Gasteiger partial charge in [-0.05, 0) is 31.7 Å². The second-order valence-corrected chi connectivity index (χ2v) is 4.87. The molecule has 92 valence electrons. The van der Waals surface area contributed by atoms with Crippen LogP contribution in [0.15, 0.2) is 12.3 Å². The highest BCUT2D eigenvalue weighted by Gasteiger charge is 2.27. The summed E-state index contributed by atoms with van der Waals surface area (Å²) in [5.41, 5.74) is 2.36. The minimum atomic E-state index is -0.0289. The molecule has 1 aromatic rings. The van der Waals surface area contributed by atoms with Gasteiger partial charge in [-0.3, -0.25) is 9.78 Å². The fraction of sp³-hybridized carbons (Fsp3) is 0.538. The summed E-state index contributed by atoms with van der Waals surface area (Å²) >= 11 is 0. The molecule has 0 radical (unpaired) electrons. The van der Waals surface area contributed by atoms with Crippen molar-refractivity contribution in [2.45, 2.75) is 32.7 Å². The summed E-state index contributed by atoms with van der Waals surface area (Å²) in [4.78, 5) is 16.2. The van der Waals surface area contributed by atoms with Gasteiger partial charge in [0.15, 0.2) is 0 Å². The normalized spacial score (nSPS) is 22.8. The molecule has 0 bridgehead atoms. The van der Waals surface area contributed by atoms with Gasteiger partial charge in [-0.2, -0.15) is 0 Å². The van der Waals surface area contributed by atoms with Gasteiger partial charge in [0.05, 0.1) is 11.3 Å². The second-order valence-electron chi connectivity index (χ2n) is 4.87. The van der Waals surface area contributed by atoms with E-state index < -0.39 is 0 Å². The first-order chi connectivity index (χ1) is 8.10. The average molecular weight is 233 g/mol. The molecule has 1 fully saturated rings. The highest BCUT2D eigenvalue weighted by molar-refractivity contribution is 5.99. The Labute approximate surface area is 102 Å². The largest absolute Gasteiger partial charge is 0.387 e. The van der Waals surface area contributed by atoms with Crippen LogP contribution in [0.3, 0.4) is 0 Å². The molecule has 1 aliphatic rings. The fourth-order valence-electron chi connectivity index (χ4n) is 2.23. The van der Waals surface area contributed by atoms with E-state index in [-0.39, 0.29) is 5.91 Å². The minimum absolute atomic E-state index is 0.0289. The molecule has 4 heteroatoms. The number of amides is 1. The van der Waals surface area contributed by atoms with Gasteiger partial charge in [-0.25, -0.2) is 0 Å². The number of carbonyl (C=O) groups is 1. The fourth-order valence-corrected chi connectivity index (χ4v) is 2.23. The molecule has 2 N–H and O–H groups in total. The lowest BCUT2D eigenvalue weighted by Crippen LogP contribution is -2.43. The summed E-state index contributed by atoms with van der Waals surface area (Å²) in [6.45, 7) is 4.12. The second kappa shape index (κ2) is 4.73. The highest BCUT2D eigenvalue weighted by Crippen LogP contribution is 2.27. The van der Waals surface area contributed by atoms with E-state index in [1.54, 1.807) is 6.20 Å². The number of aryl methyl sites for hydroxylation is 1. The number of hydrogen-bond acceptors (Lipinski definition) is 3. The predicted octanol–water partition coefficient (Wildman–Crippen LogP) is 1.96. The molecule has 2 rings (SSSR count). The van der Waals surface area contributed by atoms with Crippen molar-refractivity contribution in [2.75, 3.05) is 12.4 Å². The zero-order chi connectivity index (χ0) is 12.4. The Balaban J connectivity index is 2.08. The van der Waals surface area contributed by atoms with Crippen LogP contribution in [0.2, 0.25) is 0 Å². The number of pyridine rings is 1. The van der Waals surface area contributed by atoms with Gasteiger partial charge < -0.3 is 10.6 Å². The molecule has 0 aliphatic heterocycles. The van der Waals surface area contributed by atoms with Crippen LogP contribution in [-0.4, -0.2) is 24.0 Å². The number of nitrogens with one attached hydrogen (secondary N) is 2. The van der Waals surface area contributed by atoms with Gasteiger partial charge in [0.2, 0.25) is 0 Å². The monoisotopic (exact) mass is 233 g/mol. The number of rotatable bonds is 3. The van der Waals surface area contributed by atoms with E-state index in [9.17, 15) is 4.79 Å². The third kappa shape index (κ3) is 2.57. The molecule has 0 aromatic carbocycles. The molecular weight excluding hydrogens is 214 g/mol.